The molecule has 2 saturated carbocycles. The molecule has 4 rings (SSSR count). The van der Waals surface area contributed by atoms with Crippen molar-refractivity contribution in [3.8, 4) is 0 Å². The van der Waals surface area contributed by atoms with Crippen LogP contribution >= 0.6 is 0 Å². The van der Waals surface area contributed by atoms with Crippen LogP contribution in [0.5, 0.6) is 0 Å². The summed E-state index contributed by atoms with van der Waals surface area (Å²) >= 11 is 0. The van der Waals surface area contributed by atoms with E-state index in [1.54, 1.807) is 0 Å². The highest BCUT2D eigenvalue weighted by atomic mass is 16.1. The Bertz CT molecular complexity index is 529. The Kier molecular flexibility index (Phi) is 3.81. The summed E-state index contributed by atoms with van der Waals surface area (Å²) in [5.74, 6) is 2.80. The summed E-state index contributed by atoms with van der Waals surface area (Å²) in [6.07, 6.45) is 6.30. The number of rotatable bonds is 4. The Morgan fingerprint density at radius 2 is 2.00 bits per heavy atom. The molecule has 4 unspecified atom stereocenters. The number of anilines is 1. The maximum absolute atomic E-state index is 12.4. The number of carbonyl (C=O) groups excluding carboxylic acids is 1. The van der Waals surface area contributed by atoms with Crippen molar-refractivity contribution in [2.24, 2.45) is 23.7 Å². The molecular formula is C19H26N2O. The Hall–Kier alpha value is -1.51. The maximum atomic E-state index is 12.4. The predicted octanol–water partition coefficient (Wildman–Crippen LogP) is 3.07. The summed E-state index contributed by atoms with van der Waals surface area (Å²) in [5.41, 5.74) is 1.31. The van der Waals surface area contributed by atoms with E-state index in [-0.39, 0.29) is 0 Å². The Balaban J connectivity index is 1.26. The van der Waals surface area contributed by atoms with E-state index in [4.69, 9.17) is 0 Å². The monoisotopic (exact) mass is 298 g/mol. The fourth-order valence-corrected chi connectivity index (χ4v) is 4.81. The van der Waals surface area contributed by atoms with Crippen LogP contribution in [0.1, 0.15) is 32.1 Å². The Labute approximate surface area is 133 Å². The van der Waals surface area contributed by atoms with Crippen LogP contribution < -0.4 is 10.2 Å². The second kappa shape index (κ2) is 5.94. The molecule has 118 valence electrons. The number of hydrogen-bond acceptors (Lipinski definition) is 2. The zero-order valence-electron chi connectivity index (χ0n) is 13.2. The fourth-order valence-electron chi connectivity index (χ4n) is 4.81. The van der Waals surface area contributed by atoms with Crippen LogP contribution in [0.15, 0.2) is 30.3 Å². The topological polar surface area (TPSA) is 32.3 Å². The van der Waals surface area contributed by atoms with Crippen molar-refractivity contribution in [1.29, 1.82) is 0 Å². The highest BCUT2D eigenvalue weighted by Crippen LogP contribution is 2.48. The maximum Gasteiger partial charge on any atom is 0.223 e. The van der Waals surface area contributed by atoms with Crippen LogP contribution in [0.2, 0.25) is 0 Å². The third-order valence-electron chi connectivity index (χ3n) is 6.05. The highest BCUT2D eigenvalue weighted by Gasteiger charge is 2.43. The van der Waals surface area contributed by atoms with E-state index < -0.39 is 0 Å². The van der Waals surface area contributed by atoms with Crippen LogP contribution in [0, 0.1) is 23.7 Å². The quantitative estimate of drug-likeness (QED) is 0.926. The van der Waals surface area contributed by atoms with Gasteiger partial charge in [0.2, 0.25) is 5.91 Å². The Morgan fingerprint density at radius 3 is 2.73 bits per heavy atom. The first kappa shape index (κ1) is 14.1. The van der Waals surface area contributed by atoms with Crippen LogP contribution in [0.25, 0.3) is 0 Å². The lowest BCUT2D eigenvalue weighted by Gasteiger charge is -2.22. The van der Waals surface area contributed by atoms with Gasteiger partial charge in [0.05, 0.1) is 0 Å². The van der Waals surface area contributed by atoms with Gasteiger partial charge in [0.1, 0.15) is 0 Å². The van der Waals surface area contributed by atoms with Gasteiger partial charge in [-0.25, -0.2) is 0 Å². The van der Waals surface area contributed by atoms with Gasteiger partial charge in [-0.1, -0.05) is 24.6 Å². The SMILES string of the molecule is O=C(NCC1CCN(c2ccccc2)C1)C1CC2CCC1C2. The third kappa shape index (κ3) is 2.73. The number of fused-ring (bicyclic) bond motifs is 2. The molecule has 2 aliphatic carbocycles. The van der Waals surface area contributed by atoms with Gasteiger partial charge in [0, 0.05) is 31.2 Å². The van der Waals surface area contributed by atoms with Crippen molar-refractivity contribution in [3.05, 3.63) is 30.3 Å². The molecule has 1 saturated heterocycles. The summed E-state index contributed by atoms with van der Waals surface area (Å²) in [7, 11) is 0. The molecule has 3 heteroatoms. The summed E-state index contributed by atoms with van der Waals surface area (Å²) < 4.78 is 0. The van der Waals surface area contributed by atoms with E-state index in [1.165, 1.54) is 31.4 Å². The van der Waals surface area contributed by atoms with E-state index in [9.17, 15) is 4.79 Å². The van der Waals surface area contributed by atoms with Crippen LogP contribution in [0.4, 0.5) is 5.69 Å². The second-order valence-corrected chi connectivity index (χ2v) is 7.46. The lowest BCUT2D eigenvalue weighted by Crippen LogP contribution is -2.37. The minimum atomic E-state index is 0.324. The zero-order chi connectivity index (χ0) is 14.9. The van der Waals surface area contributed by atoms with E-state index in [1.807, 2.05) is 0 Å². The van der Waals surface area contributed by atoms with Crippen molar-refractivity contribution in [1.82, 2.24) is 5.32 Å². The zero-order valence-corrected chi connectivity index (χ0v) is 13.2. The van der Waals surface area contributed by atoms with Gasteiger partial charge >= 0.3 is 0 Å². The number of para-hydroxylation sites is 1. The number of carbonyl (C=O) groups is 1. The van der Waals surface area contributed by atoms with Crippen LogP contribution in [-0.2, 0) is 4.79 Å². The van der Waals surface area contributed by atoms with Gasteiger partial charge in [-0.15, -0.1) is 0 Å². The average Bonchev–Trinajstić information content (AvgIpc) is 3.29. The molecule has 4 atom stereocenters. The van der Waals surface area contributed by atoms with Gasteiger partial charge in [-0.05, 0) is 55.6 Å². The average molecular weight is 298 g/mol. The minimum Gasteiger partial charge on any atom is -0.371 e. The van der Waals surface area contributed by atoms with Crippen molar-refractivity contribution in [2.45, 2.75) is 32.1 Å². The number of hydrogen-bond donors (Lipinski definition) is 1. The number of nitrogens with zero attached hydrogens (tertiary/aromatic N) is 1. The van der Waals surface area contributed by atoms with Crippen molar-refractivity contribution >= 4 is 11.6 Å². The lowest BCUT2D eigenvalue weighted by molar-refractivity contribution is -0.126. The van der Waals surface area contributed by atoms with Crippen molar-refractivity contribution in [2.75, 3.05) is 24.5 Å². The molecule has 1 N–H and O–H groups in total. The fraction of sp³-hybridized carbons (Fsp3) is 0.632. The van der Waals surface area contributed by atoms with Gasteiger partial charge < -0.3 is 10.2 Å². The normalized spacial score (nSPS) is 33.4. The largest absolute Gasteiger partial charge is 0.371 e. The smallest absolute Gasteiger partial charge is 0.223 e. The molecule has 22 heavy (non-hydrogen) atoms. The number of amides is 1. The molecule has 3 fully saturated rings. The molecule has 3 aliphatic rings. The molecule has 1 aromatic carbocycles. The predicted molar refractivity (Wildman–Crippen MR) is 88.7 cm³/mol. The van der Waals surface area contributed by atoms with Gasteiger partial charge in [0.25, 0.3) is 0 Å². The van der Waals surface area contributed by atoms with E-state index in [0.717, 1.165) is 32.0 Å². The minimum absolute atomic E-state index is 0.324. The van der Waals surface area contributed by atoms with E-state index in [2.05, 4.69) is 40.5 Å². The van der Waals surface area contributed by atoms with E-state index >= 15 is 0 Å². The van der Waals surface area contributed by atoms with Gasteiger partial charge in [-0.3, -0.25) is 4.79 Å². The van der Waals surface area contributed by atoms with Gasteiger partial charge in [-0.2, -0.15) is 0 Å². The molecule has 1 aliphatic heterocycles. The first-order chi connectivity index (χ1) is 10.8. The summed E-state index contributed by atoms with van der Waals surface area (Å²) in [6, 6.07) is 10.6. The molecule has 3 nitrogen and oxygen atoms in total. The first-order valence-electron chi connectivity index (χ1n) is 8.87. The second-order valence-electron chi connectivity index (χ2n) is 7.46. The van der Waals surface area contributed by atoms with Crippen LogP contribution in [0.3, 0.4) is 0 Å². The first-order valence-corrected chi connectivity index (χ1v) is 8.87. The number of benzene rings is 1. The summed E-state index contributed by atoms with van der Waals surface area (Å²) in [5, 5.41) is 3.26. The molecule has 1 amide bonds. The Morgan fingerprint density at radius 1 is 1.14 bits per heavy atom. The molecule has 1 heterocycles. The van der Waals surface area contributed by atoms with E-state index in [0.29, 0.717) is 23.7 Å². The van der Waals surface area contributed by atoms with Gasteiger partial charge in [0.15, 0.2) is 0 Å². The highest BCUT2D eigenvalue weighted by molar-refractivity contribution is 5.79. The van der Waals surface area contributed by atoms with Crippen molar-refractivity contribution < 1.29 is 4.79 Å². The molecule has 0 radical (unpaired) electrons. The molecule has 0 aromatic heterocycles. The molecule has 0 spiro atoms. The lowest BCUT2D eigenvalue weighted by atomic mass is 9.88. The third-order valence-corrected chi connectivity index (χ3v) is 6.05. The standard InChI is InChI=1S/C19H26N2O/c22-19(18-11-14-6-7-16(18)10-14)20-12-15-8-9-21(13-15)17-4-2-1-3-5-17/h1-5,14-16,18H,6-13H2,(H,20,22). The van der Waals surface area contributed by atoms with Crippen molar-refractivity contribution in [3.63, 3.8) is 0 Å². The summed E-state index contributed by atoms with van der Waals surface area (Å²) in [6.45, 7) is 3.04. The molecular weight excluding hydrogens is 272 g/mol. The number of nitrogens with one attached hydrogen (secondary N) is 1. The molecule has 1 aromatic rings. The molecule has 2 bridgehead atoms. The summed E-state index contributed by atoms with van der Waals surface area (Å²) in [4.78, 5) is 14.9. The van der Waals surface area contributed by atoms with Crippen LogP contribution in [-0.4, -0.2) is 25.5 Å².